The van der Waals surface area contributed by atoms with Gasteiger partial charge in [-0.25, -0.2) is 0 Å². The molecule has 0 aliphatic carbocycles. The second-order valence-electron chi connectivity index (χ2n) is 3.56. The van der Waals surface area contributed by atoms with Crippen LogP contribution in [-0.2, 0) is 9.53 Å². The molecule has 5 nitrogen and oxygen atoms in total. The van der Waals surface area contributed by atoms with Gasteiger partial charge in [0.2, 0.25) is 5.91 Å². The molecule has 1 amide bonds. The van der Waals surface area contributed by atoms with Crippen molar-refractivity contribution in [3.8, 4) is 17.6 Å². The molecule has 19 heavy (non-hydrogen) atoms. The molecule has 0 saturated heterocycles. The van der Waals surface area contributed by atoms with E-state index in [0.29, 0.717) is 17.9 Å². The average Bonchev–Trinajstić information content (AvgIpc) is 2.39. The third-order valence-corrected chi connectivity index (χ3v) is 2.25. The lowest BCUT2D eigenvalue weighted by atomic mass is 10.1. The topological polar surface area (TPSA) is 78.6 Å². The molecule has 1 rings (SSSR count). The molecule has 5 heteroatoms. The van der Waals surface area contributed by atoms with Gasteiger partial charge in [-0.3, -0.25) is 9.59 Å². The molecule has 2 N–H and O–H groups in total. The molecule has 0 atom stereocenters. The lowest BCUT2D eigenvalue weighted by molar-refractivity contribution is -0.141. The quantitative estimate of drug-likeness (QED) is 0.650. The number of rotatable bonds is 4. The predicted octanol–water partition coefficient (Wildman–Crippen LogP) is 1.10. The summed E-state index contributed by atoms with van der Waals surface area (Å²) in [6, 6.07) is 4.80. The standard InChI is InChI=1S/C14H15NO4/c1-3-19-13(16)6-4-5-10-7-8-11(18-2)9-12(10)14(15)17/h7-9H,3,6H2,1-2H3,(H2,15,17). The van der Waals surface area contributed by atoms with Crippen molar-refractivity contribution in [3.63, 3.8) is 0 Å². The first-order chi connectivity index (χ1) is 9.08. The average molecular weight is 261 g/mol. The maximum absolute atomic E-state index is 11.3. The van der Waals surface area contributed by atoms with Gasteiger partial charge in [0.1, 0.15) is 12.2 Å². The molecule has 0 heterocycles. The Kier molecular flexibility index (Phi) is 5.42. The Bertz CT molecular complexity index is 540. The fourth-order valence-corrected chi connectivity index (χ4v) is 1.39. The van der Waals surface area contributed by atoms with Crippen LogP contribution < -0.4 is 10.5 Å². The third-order valence-electron chi connectivity index (χ3n) is 2.25. The number of nitrogens with two attached hydrogens (primary N) is 1. The Balaban J connectivity index is 2.92. The van der Waals surface area contributed by atoms with Crippen molar-refractivity contribution in [2.45, 2.75) is 13.3 Å². The summed E-state index contributed by atoms with van der Waals surface area (Å²) >= 11 is 0. The molecule has 0 bridgehead atoms. The van der Waals surface area contributed by atoms with Gasteiger partial charge in [-0.2, -0.15) is 0 Å². The first-order valence-electron chi connectivity index (χ1n) is 5.70. The minimum absolute atomic E-state index is 0.0297. The second-order valence-corrected chi connectivity index (χ2v) is 3.56. The van der Waals surface area contributed by atoms with Crippen LogP contribution >= 0.6 is 0 Å². The first-order valence-corrected chi connectivity index (χ1v) is 5.70. The summed E-state index contributed by atoms with van der Waals surface area (Å²) in [6.07, 6.45) is -0.0297. The molecule has 0 fully saturated rings. The van der Waals surface area contributed by atoms with Crippen LogP contribution in [0, 0.1) is 11.8 Å². The van der Waals surface area contributed by atoms with Crippen LogP contribution in [0.1, 0.15) is 29.3 Å². The monoisotopic (exact) mass is 261 g/mol. The number of hydrogen-bond acceptors (Lipinski definition) is 4. The van der Waals surface area contributed by atoms with Crippen molar-refractivity contribution in [2.75, 3.05) is 13.7 Å². The van der Waals surface area contributed by atoms with Gasteiger partial charge in [0.05, 0.1) is 19.3 Å². The van der Waals surface area contributed by atoms with Gasteiger partial charge in [-0.05, 0) is 25.1 Å². The van der Waals surface area contributed by atoms with Crippen molar-refractivity contribution in [3.05, 3.63) is 29.3 Å². The van der Waals surface area contributed by atoms with Crippen LogP contribution in [0.4, 0.5) is 0 Å². The number of hydrogen-bond donors (Lipinski definition) is 1. The third kappa shape index (κ3) is 4.36. The van der Waals surface area contributed by atoms with Crippen molar-refractivity contribution in [2.24, 2.45) is 5.73 Å². The Morgan fingerprint density at radius 2 is 2.11 bits per heavy atom. The van der Waals surface area contributed by atoms with Gasteiger partial charge in [0, 0.05) is 5.56 Å². The molecule has 1 aromatic carbocycles. The zero-order valence-corrected chi connectivity index (χ0v) is 10.9. The van der Waals surface area contributed by atoms with Crippen LogP contribution in [0.3, 0.4) is 0 Å². The molecule has 0 saturated carbocycles. The Morgan fingerprint density at radius 1 is 1.37 bits per heavy atom. The van der Waals surface area contributed by atoms with Crippen molar-refractivity contribution in [1.29, 1.82) is 0 Å². The van der Waals surface area contributed by atoms with Crippen LogP contribution in [0.5, 0.6) is 5.75 Å². The minimum atomic E-state index is -0.598. The summed E-state index contributed by atoms with van der Waals surface area (Å²) in [6.45, 7) is 2.04. The Labute approximate surface area is 111 Å². The normalized spacial score (nSPS) is 9.16. The summed E-state index contributed by atoms with van der Waals surface area (Å²) in [5.41, 5.74) is 5.98. The Hall–Kier alpha value is -2.48. The van der Waals surface area contributed by atoms with E-state index in [-0.39, 0.29) is 12.0 Å². The summed E-state index contributed by atoms with van der Waals surface area (Å²) in [7, 11) is 1.49. The van der Waals surface area contributed by atoms with E-state index in [9.17, 15) is 9.59 Å². The minimum Gasteiger partial charge on any atom is -0.497 e. The van der Waals surface area contributed by atoms with Gasteiger partial charge in [0.15, 0.2) is 0 Å². The highest BCUT2D eigenvalue weighted by Crippen LogP contribution is 2.16. The SMILES string of the molecule is CCOC(=O)CC#Cc1ccc(OC)cc1C(N)=O. The highest BCUT2D eigenvalue weighted by Gasteiger charge is 2.08. The number of benzene rings is 1. The number of primary amides is 1. The van der Waals surface area contributed by atoms with Crippen LogP contribution in [0.15, 0.2) is 18.2 Å². The van der Waals surface area contributed by atoms with Crippen LogP contribution in [0.25, 0.3) is 0 Å². The number of carbonyl (C=O) groups excluding carboxylic acids is 2. The fraction of sp³-hybridized carbons (Fsp3) is 0.286. The number of ether oxygens (including phenoxy) is 2. The van der Waals surface area contributed by atoms with Gasteiger partial charge in [-0.15, -0.1) is 0 Å². The van der Waals surface area contributed by atoms with Crippen LogP contribution in [-0.4, -0.2) is 25.6 Å². The van der Waals surface area contributed by atoms with E-state index in [1.807, 2.05) is 0 Å². The molecule has 0 spiro atoms. The van der Waals surface area contributed by atoms with Gasteiger partial charge in [0.25, 0.3) is 0 Å². The summed E-state index contributed by atoms with van der Waals surface area (Å²) in [5, 5.41) is 0. The Morgan fingerprint density at radius 3 is 2.68 bits per heavy atom. The van der Waals surface area contributed by atoms with E-state index in [2.05, 4.69) is 11.8 Å². The van der Waals surface area contributed by atoms with Gasteiger partial charge in [-0.1, -0.05) is 11.8 Å². The maximum Gasteiger partial charge on any atom is 0.317 e. The highest BCUT2D eigenvalue weighted by molar-refractivity contribution is 5.96. The number of amides is 1. The summed E-state index contributed by atoms with van der Waals surface area (Å²) < 4.78 is 9.75. The van der Waals surface area contributed by atoms with Gasteiger partial charge < -0.3 is 15.2 Å². The summed E-state index contributed by atoms with van der Waals surface area (Å²) in [5.74, 6) is 4.90. The molecule has 0 radical (unpaired) electrons. The number of esters is 1. The van der Waals surface area contributed by atoms with E-state index in [0.717, 1.165) is 0 Å². The molecule has 0 aromatic heterocycles. The zero-order chi connectivity index (χ0) is 14.3. The van der Waals surface area contributed by atoms with Crippen molar-refractivity contribution in [1.82, 2.24) is 0 Å². The fourth-order valence-electron chi connectivity index (χ4n) is 1.39. The zero-order valence-electron chi connectivity index (χ0n) is 10.9. The molecule has 1 aromatic rings. The second kappa shape index (κ2) is 7.07. The molecular formula is C14H15NO4. The summed E-state index contributed by atoms with van der Waals surface area (Å²) in [4.78, 5) is 22.4. The molecule has 0 aliphatic heterocycles. The van der Waals surface area contributed by atoms with Crippen molar-refractivity contribution >= 4 is 11.9 Å². The molecule has 0 unspecified atom stereocenters. The predicted molar refractivity (Wildman–Crippen MR) is 69.6 cm³/mol. The highest BCUT2D eigenvalue weighted by atomic mass is 16.5. The van der Waals surface area contributed by atoms with E-state index in [4.69, 9.17) is 15.2 Å². The number of methoxy groups -OCH3 is 1. The molecular weight excluding hydrogens is 246 g/mol. The largest absolute Gasteiger partial charge is 0.497 e. The van der Waals surface area contributed by atoms with E-state index in [1.165, 1.54) is 13.2 Å². The smallest absolute Gasteiger partial charge is 0.317 e. The maximum atomic E-state index is 11.3. The first kappa shape index (κ1) is 14.6. The van der Waals surface area contributed by atoms with Crippen LogP contribution in [0.2, 0.25) is 0 Å². The molecule has 100 valence electrons. The van der Waals surface area contributed by atoms with Crippen molar-refractivity contribution < 1.29 is 19.1 Å². The molecule has 0 aliphatic rings. The lowest BCUT2D eigenvalue weighted by Crippen LogP contribution is -2.13. The van der Waals surface area contributed by atoms with Gasteiger partial charge >= 0.3 is 5.97 Å². The van der Waals surface area contributed by atoms with E-state index >= 15 is 0 Å². The van der Waals surface area contributed by atoms with E-state index < -0.39 is 11.9 Å². The number of carbonyl (C=O) groups is 2. The lowest BCUT2D eigenvalue weighted by Gasteiger charge is -2.04. The van der Waals surface area contributed by atoms with E-state index in [1.54, 1.807) is 19.1 Å².